The number of halogens is 1. The van der Waals surface area contributed by atoms with Gasteiger partial charge in [-0.05, 0) is 17.7 Å². The van der Waals surface area contributed by atoms with Gasteiger partial charge in [-0.25, -0.2) is 4.39 Å². The second kappa shape index (κ2) is 6.30. The maximum atomic E-state index is 13.3. The molecule has 0 spiro atoms. The molecule has 4 heteroatoms. The van der Waals surface area contributed by atoms with Gasteiger partial charge in [-0.3, -0.25) is 4.79 Å². The lowest BCUT2D eigenvalue weighted by Crippen LogP contribution is -1.97. The third-order valence-electron chi connectivity index (χ3n) is 2.00. The number of nitrogens with zero attached hydrogens (tertiary/aromatic N) is 1. The van der Waals surface area contributed by atoms with Crippen LogP contribution in [0.2, 0.25) is 0 Å². The summed E-state index contributed by atoms with van der Waals surface area (Å²) in [7, 11) is 1.26. The molecule has 0 aliphatic rings. The van der Waals surface area contributed by atoms with E-state index in [1.807, 2.05) is 6.07 Å². The number of carbonyl (C=O) groups excluding carboxylic acids is 1. The number of methoxy groups -OCH3 is 1. The van der Waals surface area contributed by atoms with E-state index in [9.17, 15) is 9.18 Å². The standard InChI is InChI=1S/C13H10FNO2/c1-17-13(16)4-2-3-11-9-10(7-8-15)5-6-12(11)14/h5-6,9H,4,7H2,1H3. The van der Waals surface area contributed by atoms with Crippen molar-refractivity contribution in [2.75, 3.05) is 7.11 Å². The number of carbonyl (C=O) groups is 1. The molecule has 0 bridgehead atoms. The number of nitriles is 1. The summed E-state index contributed by atoms with van der Waals surface area (Å²) in [5, 5.41) is 8.52. The molecule has 0 unspecified atom stereocenters. The molecule has 1 aromatic carbocycles. The maximum Gasteiger partial charge on any atom is 0.317 e. The Morgan fingerprint density at radius 3 is 2.94 bits per heavy atom. The van der Waals surface area contributed by atoms with Crippen molar-refractivity contribution in [2.45, 2.75) is 12.8 Å². The molecular weight excluding hydrogens is 221 g/mol. The molecule has 0 fully saturated rings. The lowest BCUT2D eigenvalue weighted by atomic mass is 10.1. The van der Waals surface area contributed by atoms with Gasteiger partial charge < -0.3 is 4.74 Å². The van der Waals surface area contributed by atoms with Crippen molar-refractivity contribution in [2.24, 2.45) is 0 Å². The molecule has 0 aromatic heterocycles. The van der Waals surface area contributed by atoms with Crippen LogP contribution in [0.1, 0.15) is 17.5 Å². The van der Waals surface area contributed by atoms with Crippen LogP contribution in [-0.4, -0.2) is 13.1 Å². The SMILES string of the molecule is COC(=O)CC#Cc1cc(CC#N)ccc1F. The molecule has 0 saturated carbocycles. The van der Waals surface area contributed by atoms with Crippen molar-refractivity contribution in [3.05, 3.63) is 35.1 Å². The summed E-state index contributed by atoms with van der Waals surface area (Å²) in [6.07, 6.45) is 0.115. The maximum absolute atomic E-state index is 13.3. The molecule has 0 N–H and O–H groups in total. The number of ether oxygens (including phenoxy) is 1. The Kier molecular flexibility index (Phi) is 4.72. The second-order valence-electron chi connectivity index (χ2n) is 3.20. The van der Waals surface area contributed by atoms with Gasteiger partial charge in [0, 0.05) is 0 Å². The van der Waals surface area contributed by atoms with Crippen molar-refractivity contribution in [1.82, 2.24) is 0 Å². The Morgan fingerprint density at radius 1 is 1.53 bits per heavy atom. The molecule has 0 radical (unpaired) electrons. The molecule has 1 rings (SSSR count). The Hall–Kier alpha value is -2.33. The summed E-state index contributed by atoms with van der Waals surface area (Å²) in [5.41, 5.74) is 0.873. The highest BCUT2D eigenvalue weighted by atomic mass is 19.1. The largest absolute Gasteiger partial charge is 0.468 e. The Bertz CT molecular complexity index is 520. The number of rotatable bonds is 2. The third kappa shape index (κ3) is 3.96. The van der Waals surface area contributed by atoms with E-state index in [2.05, 4.69) is 16.6 Å². The van der Waals surface area contributed by atoms with Crippen molar-refractivity contribution in [1.29, 1.82) is 5.26 Å². The highest BCUT2D eigenvalue weighted by molar-refractivity contribution is 5.72. The zero-order chi connectivity index (χ0) is 12.7. The summed E-state index contributed by atoms with van der Waals surface area (Å²) in [6.45, 7) is 0. The molecule has 0 saturated heterocycles. The first-order valence-electron chi connectivity index (χ1n) is 4.88. The molecule has 0 aliphatic heterocycles. The van der Waals surface area contributed by atoms with Gasteiger partial charge in [0.25, 0.3) is 0 Å². The van der Waals surface area contributed by atoms with E-state index in [4.69, 9.17) is 5.26 Å². The average molecular weight is 231 g/mol. The summed E-state index contributed by atoms with van der Waals surface area (Å²) in [6, 6.07) is 6.26. The van der Waals surface area contributed by atoms with Gasteiger partial charge in [-0.2, -0.15) is 5.26 Å². The summed E-state index contributed by atoms with van der Waals surface area (Å²) in [4.78, 5) is 10.8. The molecule has 86 valence electrons. The molecule has 1 aromatic rings. The number of hydrogen-bond donors (Lipinski definition) is 0. The smallest absolute Gasteiger partial charge is 0.317 e. The van der Waals surface area contributed by atoms with E-state index in [1.54, 1.807) is 0 Å². The zero-order valence-electron chi connectivity index (χ0n) is 9.29. The highest BCUT2D eigenvalue weighted by Gasteiger charge is 2.01. The first-order valence-corrected chi connectivity index (χ1v) is 4.88. The topological polar surface area (TPSA) is 50.1 Å². The summed E-state index contributed by atoms with van der Waals surface area (Å²) >= 11 is 0. The lowest BCUT2D eigenvalue weighted by Gasteiger charge is -1.97. The van der Waals surface area contributed by atoms with Gasteiger partial charge in [0.05, 0.1) is 25.2 Å². The molecule has 3 nitrogen and oxygen atoms in total. The predicted molar refractivity (Wildman–Crippen MR) is 59.2 cm³/mol. The van der Waals surface area contributed by atoms with E-state index in [0.717, 1.165) is 0 Å². The summed E-state index contributed by atoms with van der Waals surface area (Å²) < 4.78 is 17.7. The zero-order valence-corrected chi connectivity index (χ0v) is 9.29. The molecule has 0 heterocycles. The van der Waals surface area contributed by atoms with Crippen LogP contribution in [0.25, 0.3) is 0 Å². The monoisotopic (exact) mass is 231 g/mol. The minimum Gasteiger partial charge on any atom is -0.468 e. The first-order chi connectivity index (χ1) is 8.17. The fraction of sp³-hybridized carbons (Fsp3) is 0.231. The van der Waals surface area contributed by atoms with Crippen LogP contribution < -0.4 is 0 Å². The number of hydrogen-bond acceptors (Lipinski definition) is 3. The Balaban J connectivity index is 2.86. The Labute approximate surface area is 98.8 Å². The normalized spacial score (nSPS) is 8.76. The van der Waals surface area contributed by atoms with E-state index < -0.39 is 11.8 Å². The van der Waals surface area contributed by atoms with E-state index in [1.165, 1.54) is 25.3 Å². The van der Waals surface area contributed by atoms with Crippen molar-refractivity contribution < 1.29 is 13.9 Å². The van der Waals surface area contributed by atoms with Crippen LogP contribution in [0, 0.1) is 29.0 Å². The number of esters is 1. The van der Waals surface area contributed by atoms with Gasteiger partial charge in [0.1, 0.15) is 12.2 Å². The second-order valence-corrected chi connectivity index (χ2v) is 3.20. The molecule has 0 atom stereocenters. The lowest BCUT2D eigenvalue weighted by molar-refractivity contribution is -0.139. The van der Waals surface area contributed by atoms with Crippen LogP contribution in [0.4, 0.5) is 4.39 Å². The van der Waals surface area contributed by atoms with Gasteiger partial charge >= 0.3 is 5.97 Å². The minimum absolute atomic E-state index is 0.0849. The number of benzene rings is 1. The van der Waals surface area contributed by atoms with Crippen LogP contribution in [0.15, 0.2) is 18.2 Å². The third-order valence-corrected chi connectivity index (χ3v) is 2.00. The van der Waals surface area contributed by atoms with Crippen LogP contribution >= 0.6 is 0 Å². The molecule has 0 aliphatic carbocycles. The quantitative estimate of drug-likeness (QED) is 0.576. The highest BCUT2D eigenvalue weighted by Crippen LogP contribution is 2.09. The fourth-order valence-electron chi connectivity index (χ4n) is 1.15. The van der Waals surface area contributed by atoms with E-state index in [0.29, 0.717) is 5.56 Å². The van der Waals surface area contributed by atoms with E-state index in [-0.39, 0.29) is 18.4 Å². The molecular formula is C13H10FNO2. The van der Waals surface area contributed by atoms with Crippen molar-refractivity contribution in [3.8, 4) is 17.9 Å². The van der Waals surface area contributed by atoms with Gasteiger partial charge in [-0.1, -0.05) is 17.9 Å². The van der Waals surface area contributed by atoms with Crippen molar-refractivity contribution in [3.63, 3.8) is 0 Å². The van der Waals surface area contributed by atoms with E-state index >= 15 is 0 Å². The predicted octanol–water partition coefficient (Wildman–Crippen LogP) is 1.81. The van der Waals surface area contributed by atoms with Gasteiger partial charge in [0.15, 0.2) is 0 Å². The van der Waals surface area contributed by atoms with Crippen LogP contribution in [0.5, 0.6) is 0 Å². The van der Waals surface area contributed by atoms with Gasteiger partial charge in [0.2, 0.25) is 0 Å². The van der Waals surface area contributed by atoms with Gasteiger partial charge in [-0.15, -0.1) is 0 Å². The first kappa shape index (κ1) is 12.7. The van der Waals surface area contributed by atoms with Crippen LogP contribution in [0.3, 0.4) is 0 Å². The minimum atomic E-state index is -0.468. The summed E-state index contributed by atoms with van der Waals surface area (Å²) in [5.74, 6) is 4.12. The molecule has 0 amide bonds. The average Bonchev–Trinajstić information content (AvgIpc) is 2.33. The fourth-order valence-corrected chi connectivity index (χ4v) is 1.15. The molecule has 17 heavy (non-hydrogen) atoms. The van der Waals surface area contributed by atoms with Crippen molar-refractivity contribution >= 4 is 5.97 Å². The van der Waals surface area contributed by atoms with Crippen LogP contribution in [-0.2, 0) is 16.0 Å². The Morgan fingerprint density at radius 2 is 2.29 bits per heavy atom.